The molecule has 0 unspecified atom stereocenters. The number of benzene rings is 2. The molecule has 2 N–H and O–H groups in total. The third-order valence-electron chi connectivity index (χ3n) is 4.13. The Hall–Kier alpha value is -2.79. The minimum atomic E-state index is -0.389. The van der Waals surface area contributed by atoms with Crippen molar-refractivity contribution >= 4 is 35.2 Å². The molecule has 0 saturated heterocycles. The lowest BCUT2D eigenvalue weighted by Gasteiger charge is -2.20. The largest absolute Gasteiger partial charge is 0.449 e. The number of carbonyl (C=O) groups is 2. The van der Waals surface area contributed by atoms with E-state index in [4.69, 9.17) is 16.3 Å². The molecule has 2 aromatic rings. The Kier molecular flexibility index (Phi) is 5.81. The molecule has 0 aliphatic carbocycles. The summed E-state index contributed by atoms with van der Waals surface area (Å²) in [6.07, 6.45) is 2.50. The second-order valence-electron chi connectivity index (χ2n) is 6.74. The van der Waals surface area contributed by atoms with Crippen LogP contribution in [-0.4, -0.2) is 18.4 Å². The highest BCUT2D eigenvalue weighted by Gasteiger charge is 2.23. The molecule has 0 spiro atoms. The molecule has 5 nitrogen and oxygen atoms in total. The van der Waals surface area contributed by atoms with Gasteiger partial charge in [-0.1, -0.05) is 43.6 Å². The maximum absolute atomic E-state index is 12.4. The first kappa shape index (κ1) is 19.0. The fourth-order valence-electron chi connectivity index (χ4n) is 2.61. The van der Waals surface area contributed by atoms with Gasteiger partial charge < -0.3 is 15.4 Å². The molecule has 1 aliphatic rings. The van der Waals surface area contributed by atoms with Crippen LogP contribution in [0.5, 0.6) is 5.75 Å². The maximum atomic E-state index is 12.4. The molecule has 0 saturated carbocycles. The van der Waals surface area contributed by atoms with Crippen molar-refractivity contribution in [2.45, 2.75) is 20.3 Å². The molecular formula is C21H21ClN2O3. The number of nitrogens with one attached hydrogen (secondary N) is 2. The summed E-state index contributed by atoms with van der Waals surface area (Å²) in [4.78, 5) is 24.6. The van der Waals surface area contributed by atoms with E-state index in [0.29, 0.717) is 40.0 Å². The van der Waals surface area contributed by atoms with Crippen molar-refractivity contribution in [3.8, 4) is 5.75 Å². The van der Waals surface area contributed by atoms with Crippen LogP contribution < -0.4 is 15.4 Å². The van der Waals surface area contributed by atoms with Crippen molar-refractivity contribution in [3.05, 3.63) is 64.4 Å². The van der Waals surface area contributed by atoms with Gasteiger partial charge in [-0.25, -0.2) is 0 Å². The van der Waals surface area contributed by atoms with Crippen LogP contribution in [0.25, 0.3) is 6.08 Å². The number of halogens is 1. The predicted octanol–water partition coefficient (Wildman–Crippen LogP) is 4.49. The number of rotatable bonds is 5. The molecule has 0 aromatic heterocycles. The Labute approximate surface area is 163 Å². The number of hydrogen-bond donors (Lipinski definition) is 2. The summed E-state index contributed by atoms with van der Waals surface area (Å²) in [5.74, 6) is 0.575. The second kappa shape index (κ2) is 8.27. The first-order chi connectivity index (χ1) is 12.9. The monoisotopic (exact) mass is 384 g/mol. The van der Waals surface area contributed by atoms with Crippen LogP contribution in [0.2, 0.25) is 5.02 Å². The Balaban J connectivity index is 1.76. The van der Waals surface area contributed by atoms with Gasteiger partial charge in [0.05, 0.1) is 5.69 Å². The minimum Gasteiger partial charge on any atom is -0.449 e. The topological polar surface area (TPSA) is 67.4 Å². The lowest BCUT2D eigenvalue weighted by molar-refractivity contribution is -0.115. The van der Waals surface area contributed by atoms with Gasteiger partial charge >= 0.3 is 0 Å². The van der Waals surface area contributed by atoms with Crippen LogP contribution in [-0.2, 0) is 4.79 Å². The van der Waals surface area contributed by atoms with Crippen LogP contribution >= 0.6 is 11.6 Å². The molecule has 1 heterocycles. The van der Waals surface area contributed by atoms with Crippen molar-refractivity contribution in [2.75, 3.05) is 11.9 Å². The molecule has 6 heteroatoms. The van der Waals surface area contributed by atoms with Crippen molar-refractivity contribution in [3.63, 3.8) is 0 Å². The van der Waals surface area contributed by atoms with E-state index < -0.39 is 0 Å². The molecule has 2 aromatic carbocycles. The fourth-order valence-corrected chi connectivity index (χ4v) is 2.80. The van der Waals surface area contributed by atoms with Crippen LogP contribution in [0.4, 0.5) is 5.69 Å². The Morgan fingerprint density at radius 1 is 1.26 bits per heavy atom. The van der Waals surface area contributed by atoms with Gasteiger partial charge in [-0.3, -0.25) is 9.59 Å². The molecule has 0 bridgehead atoms. The Bertz CT molecular complexity index is 906. The normalized spacial score (nSPS) is 14.5. The number of fused-ring (bicyclic) bond motifs is 1. The highest BCUT2D eigenvalue weighted by Crippen LogP contribution is 2.33. The van der Waals surface area contributed by atoms with Gasteiger partial charge in [0, 0.05) is 17.1 Å². The molecule has 1 aliphatic heterocycles. The summed E-state index contributed by atoms with van der Waals surface area (Å²) >= 11 is 6.13. The van der Waals surface area contributed by atoms with E-state index in [0.717, 1.165) is 6.42 Å². The van der Waals surface area contributed by atoms with E-state index in [1.54, 1.807) is 36.4 Å². The Morgan fingerprint density at radius 3 is 2.78 bits per heavy atom. The molecule has 0 atom stereocenters. The summed E-state index contributed by atoms with van der Waals surface area (Å²) in [6.45, 7) is 4.82. The van der Waals surface area contributed by atoms with Crippen molar-refractivity contribution in [2.24, 2.45) is 5.92 Å². The summed E-state index contributed by atoms with van der Waals surface area (Å²) in [6, 6.07) is 12.1. The highest BCUT2D eigenvalue weighted by molar-refractivity contribution is 6.32. The van der Waals surface area contributed by atoms with Crippen molar-refractivity contribution in [1.82, 2.24) is 5.32 Å². The van der Waals surface area contributed by atoms with Gasteiger partial charge in [0.15, 0.2) is 11.5 Å². The van der Waals surface area contributed by atoms with Gasteiger partial charge in [0.1, 0.15) is 0 Å². The molecule has 0 radical (unpaired) electrons. The lowest BCUT2D eigenvalue weighted by Crippen LogP contribution is -2.27. The minimum absolute atomic E-state index is 0.143. The van der Waals surface area contributed by atoms with Crippen LogP contribution in [0.1, 0.15) is 36.2 Å². The van der Waals surface area contributed by atoms with Gasteiger partial charge in [0.25, 0.3) is 11.8 Å². The van der Waals surface area contributed by atoms with Crippen LogP contribution in [0.3, 0.4) is 0 Å². The molecule has 140 valence electrons. The van der Waals surface area contributed by atoms with E-state index in [2.05, 4.69) is 24.5 Å². The van der Waals surface area contributed by atoms with Gasteiger partial charge in [-0.2, -0.15) is 0 Å². The molecule has 3 rings (SSSR count). The van der Waals surface area contributed by atoms with Crippen LogP contribution in [0.15, 0.2) is 48.2 Å². The van der Waals surface area contributed by atoms with E-state index in [1.165, 1.54) is 0 Å². The van der Waals surface area contributed by atoms with E-state index in [-0.39, 0.29) is 17.6 Å². The predicted molar refractivity (Wildman–Crippen MR) is 107 cm³/mol. The zero-order chi connectivity index (χ0) is 19.4. The fraction of sp³-hybridized carbons (Fsp3) is 0.238. The quantitative estimate of drug-likeness (QED) is 0.746. The summed E-state index contributed by atoms with van der Waals surface area (Å²) < 4.78 is 5.71. The van der Waals surface area contributed by atoms with Gasteiger partial charge in [0.2, 0.25) is 0 Å². The summed E-state index contributed by atoms with van der Waals surface area (Å²) in [7, 11) is 0. The van der Waals surface area contributed by atoms with Gasteiger partial charge in [-0.15, -0.1) is 0 Å². The number of anilines is 1. The lowest BCUT2D eigenvalue weighted by atomic mass is 10.1. The molecule has 2 amide bonds. The summed E-state index contributed by atoms with van der Waals surface area (Å²) in [5, 5.41) is 6.17. The van der Waals surface area contributed by atoms with Crippen LogP contribution in [0, 0.1) is 5.92 Å². The number of ether oxygens (including phenoxy) is 1. The van der Waals surface area contributed by atoms with Crippen molar-refractivity contribution < 1.29 is 14.3 Å². The highest BCUT2D eigenvalue weighted by atomic mass is 35.5. The van der Waals surface area contributed by atoms with Gasteiger partial charge in [-0.05, 0) is 48.2 Å². The SMILES string of the molecule is CC(C)CCNC(=O)c1ccc2c(c1)NC(=O)/C(=C/c1ccccc1Cl)O2. The molecule has 27 heavy (non-hydrogen) atoms. The van der Waals surface area contributed by atoms with Crippen molar-refractivity contribution in [1.29, 1.82) is 0 Å². The first-order valence-electron chi connectivity index (χ1n) is 8.81. The first-order valence-corrected chi connectivity index (χ1v) is 9.19. The number of carbonyl (C=O) groups excluding carboxylic acids is 2. The average molecular weight is 385 g/mol. The summed E-state index contributed by atoms with van der Waals surface area (Å²) in [5.41, 5.74) is 1.63. The zero-order valence-electron chi connectivity index (χ0n) is 15.2. The maximum Gasteiger partial charge on any atom is 0.291 e. The smallest absolute Gasteiger partial charge is 0.291 e. The van der Waals surface area contributed by atoms with E-state index in [9.17, 15) is 9.59 Å². The standard InChI is InChI=1S/C21H21ClN2O3/c1-13(2)9-10-23-20(25)15-7-8-18-17(11-15)24-21(26)19(27-18)12-14-5-3-4-6-16(14)22/h3-8,11-13H,9-10H2,1-2H3,(H,23,25)(H,24,26)/b19-12-. The zero-order valence-corrected chi connectivity index (χ0v) is 16.0. The number of hydrogen-bond acceptors (Lipinski definition) is 3. The average Bonchev–Trinajstić information content (AvgIpc) is 2.63. The van der Waals surface area contributed by atoms with E-state index >= 15 is 0 Å². The molecular weight excluding hydrogens is 364 g/mol. The third-order valence-corrected chi connectivity index (χ3v) is 4.48. The van der Waals surface area contributed by atoms with E-state index in [1.807, 2.05) is 12.1 Å². The second-order valence-corrected chi connectivity index (χ2v) is 7.14. The Morgan fingerprint density at radius 2 is 2.04 bits per heavy atom. The number of amides is 2. The molecule has 0 fully saturated rings. The third kappa shape index (κ3) is 4.68.